The summed E-state index contributed by atoms with van der Waals surface area (Å²) in [4.78, 5) is 10.8. The van der Waals surface area contributed by atoms with Crippen LogP contribution in [0, 0.1) is 11.3 Å². The van der Waals surface area contributed by atoms with Gasteiger partial charge < -0.3 is 8.83 Å². The van der Waals surface area contributed by atoms with Crippen LogP contribution in [-0.4, -0.2) is 22.6 Å². The zero-order chi connectivity index (χ0) is 38.6. The molecule has 10 rings (SSSR count). The molecule has 56 heavy (non-hydrogen) atoms. The Balaban J connectivity index is 1.31. The smallest absolute Gasteiger partial charge is 0.149 e. The van der Waals surface area contributed by atoms with E-state index >= 15 is 0 Å². The van der Waals surface area contributed by atoms with Crippen LogP contribution in [0.3, 0.4) is 0 Å². The van der Waals surface area contributed by atoms with Crippen molar-refractivity contribution in [1.82, 2.24) is 14.5 Å². The first-order chi connectivity index (χ1) is 27.0. The number of benzene rings is 6. The molecular formula is C48H40N4O2SSi. The summed E-state index contributed by atoms with van der Waals surface area (Å²) in [7, 11) is -1.71. The van der Waals surface area contributed by atoms with E-state index in [1.54, 1.807) is 6.07 Å². The van der Waals surface area contributed by atoms with Gasteiger partial charge in [0.05, 0.1) is 48.8 Å². The van der Waals surface area contributed by atoms with E-state index in [0.717, 1.165) is 66.2 Å². The molecule has 0 saturated carbocycles. The van der Waals surface area contributed by atoms with Crippen LogP contribution in [0.5, 0.6) is 0 Å². The number of aromatic nitrogens is 3. The molecule has 0 aliphatic rings. The fourth-order valence-electron chi connectivity index (χ4n) is 8.19. The number of furan rings is 2. The average molecular weight is 765 g/mol. The topological polar surface area (TPSA) is 80.8 Å². The van der Waals surface area contributed by atoms with Crippen LogP contribution in [-0.2, 0) is 0 Å². The Bertz CT molecular complexity index is 3230. The molecule has 0 unspecified atom stereocenters. The summed E-state index contributed by atoms with van der Waals surface area (Å²) in [5.41, 5.74) is 13.7. The largest absolute Gasteiger partial charge is 0.456 e. The molecule has 10 aromatic rings. The van der Waals surface area contributed by atoms with Crippen molar-refractivity contribution in [3.63, 3.8) is 0 Å². The van der Waals surface area contributed by atoms with Crippen LogP contribution >= 0.6 is 11.3 Å². The summed E-state index contributed by atoms with van der Waals surface area (Å²) in [5.74, 6) is 1.30. The van der Waals surface area contributed by atoms with E-state index in [1.165, 1.54) is 37.3 Å². The van der Waals surface area contributed by atoms with Crippen molar-refractivity contribution in [2.75, 3.05) is 0 Å². The third kappa shape index (κ3) is 5.26. The lowest BCUT2D eigenvalue weighted by Crippen LogP contribution is -2.36. The zero-order valence-corrected chi connectivity index (χ0v) is 34.3. The number of imidazole rings is 1. The molecule has 0 amide bonds. The van der Waals surface area contributed by atoms with Crippen LogP contribution < -0.4 is 4.63 Å². The predicted octanol–water partition coefficient (Wildman–Crippen LogP) is 13.4. The van der Waals surface area contributed by atoms with Gasteiger partial charge in [-0.3, -0.25) is 4.57 Å². The van der Waals surface area contributed by atoms with Crippen molar-refractivity contribution in [3.8, 4) is 34.3 Å². The van der Waals surface area contributed by atoms with Crippen LogP contribution in [0.25, 0.3) is 93.3 Å². The van der Waals surface area contributed by atoms with Crippen molar-refractivity contribution in [3.05, 3.63) is 120 Å². The van der Waals surface area contributed by atoms with Crippen LogP contribution in [0.4, 0.5) is 0 Å². The number of para-hydroxylation sites is 1. The molecule has 0 N–H and O–H groups in total. The molecule has 0 aliphatic carbocycles. The molecular weight excluding hydrogens is 725 g/mol. The minimum absolute atomic E-state index is 0.228. The van der Waals surface area contributed by atoms with Gasteiger partial charge >= 0.3 is 0 Å². The average Bonchev–Trinajstić information content (AvgIpc) is 3.97. The second-order valence-electron chi connectivity index (χ2n) is 16.6. The third-order valence-electron chi connectivity index (χ3n) is 11.0. The highest BCUT2D eigenvalue weighted by atomic mass is 32.1. The second-order valence-corrected chi connectivity index (χ2v) is 22.9. The van der Waals surface area contributed by atoms with Crippen LogP contribution in [0.1, 0.15) is 56.2 Å². The lowest BCUT2D eigenvalue weighted by Gasteiger charge is -2.24. The van der Waals surface area contributed by atoms with Crippen molar-refractivity contribution in [2.45, 2.75) is 59.2 Å². The molecule has 0 radical (unpaired) electrons. The molecule has 6 nitrogen and oxygen atoms in total. The lowest BCUT2D eigenvalue weighted by molar-refractivity contribution is 0.664. The van der Waals surface area contributed by atoms with Crippen molar-refractivity contribution in [2.24, 2.45) is 0 Å². The van der Waals surface area contributed by atoms with Gasteiger partial charge in [0.15, 0.2) is 0 Å². The highest BCUT2D eigenvalue weighted by molar-refractivity contribution is 7.31. The summed E-state index contributed by atoms with van der Waals surface area (Å²) in [5, 5.41) is 13.4. The molecule has 0 bridgehead atoms. The molecule has 0 atom stereocenters. The predicted molar refractivity (Wildman–Crippen MR) is 236 cm³/mol. The maximum absolute atomic E-state index is 9.48. The number of nitrogens with zero attached hydrogens (tertiary/aromatic N) is 4. The van der Waals surface area contributed by atoms with E-state index in [-0.39, 0.29) is 11.8 Å². The molecule has 4 heterocycles. The van der Waals surface area contributed by atoms with Gasteiger partial charge in [0.2, 0.25) is 0 Å². The van der Waals surface area contributed by atoms with E-state index in [0.29, 0.717) is 11.1 Å². The van der Waals surface area contributed by atoms with E-state index in [1.807, 2.05) is 23.5 Å². The first kappa shape index (κ1) is 34.5. The van der Waals surface area contributed by atoms with Gasteiger partial charge in [-0.05, 0) is 94.8 Å². The van der Waals surface area contributed by atoms with Crippen molar-refractivity contribution >= 4 is 89.2 Å². The summed E-state index contributed by atoms with van der Waals surface area (Å²) in [6, 6.07) is 38.1. The Morgan fingerprint density at radius 1 is 0.661 bits per heavy atom. The van der Waals surface area contributed by atoms with Crippen LogP contribution in [0.15, 0.2) is 112 Å². The molecule has 0 saturated heterocycles. The second kappa shape index (κ2) is 12.5. The molecule has 0 aliphatic heterocycles. The number of fused-ring (bicyclic) bond motifs is 9. The SMILES string of the molecule is CC(C)c1cc(-c2ccccc2)cc(C(C)C)c1-n1c(-c2cccc3c2oc2cc4c(cc23)oc2cc(C#N)ccc24)nc2ccc3nc([Si](C)(C)C)sc3c21. The van der Waals surface area contributed by atoms with Gasteiger partial charge in [-0.2, -0.15) is 5.26 Å². The minimum Gasteiger partial charge on any atom is -0.456 e. The minimum atomic E-state index is -1.71. The number of hydrogen-bond donors (Lipinski definition) is 0. The van der Waals surface area contributed by atoms with Gasteiger partial charge in [-0.25, -0.2) is 9.97 Å². The van der Waals surface area contributed by atoms with E-state index in [4.69, 9.17) is 18.8 Å². The van der Waals surface area contributed by atoms with Crippen molar-refractivity contribution in [1.29, 1.82) is 5.26 Å². The van der Waals surface area contributed by atoms with Gasteiger partial charge in [-0.15, -0.1) is 11.3 Å². The molecule has 274 valence electrons. The summed E-state index contributed by atoms with van der Waals surface area (Å²) in [6.07, 6.45) is 0. The Labute approximate surface area is 329 Å². The molecule has 4 aromatic heterocycles. The molecule has 6 aromatic carbocycles. The molecule has 0 spiro atoms. The Kier molecular flexibility index (Phi) is 7.70. The quantitative estimate of drug-likeness (QED) is 0.158. The van der Waals surface area contributed by atoms with Gasteiger partial charge in [-0.1, -0.05) is 89.8 Å². The molecule has 0 fully saturated rings. The summed E-state index contributed by atoms with van der Waals surface area (Å²) in [6.45, 7) is 16.3. The maximum Gasteiger partial charge on any atom is 0.149 e. The summed E-state index contributed by atoms with van der Waals surface area (Å²) < 4.78 is 18.1. The van der Waals surface area contributed by atoms with E-state index in [9.17, 15) is 5.26 Å². The number of nitriles is 1. The lowest BCUT2D eigenvalue weighted by atomic mass is 9.88. The zero-order valence-electron chi connectivity index (χ0n) is 32.5. The number of thiazole rings is 1. The van der Waals surface area contributed by atoms with Gasteiger partial charge in [0.25, 0.3) is 0 Å². The number of hydrogen-bond acceptors (Lipinski definition) is 6. The first-order valence-corrected chi connectivity index (χ1v) is 23.6. The monoisotopic (exact) mass is 764 g/mol. The van der Waals surface area contributed by atoms with Gasteiger partial charge in [0, 0.05) is 21.5 Å². The first-order valence-electron chi connectivity index (χ1n) is 19.3. The van der Waals surface area contributed by atoms with Crippen LogP contribution in [0.2, 0.25) is 19.6 Å². The van der Waals surface area contributed by atoms with E-state index < -0.39 is 8.07 Å². The molecule has 8 heteroatoms. The normalized spacial score (nSPS) is 12.5. The highest BCUT2D eigenvalue weighted by Gasteiger charge is 2.29. The number of rotatable bonds is 6. The summed E-state index contributed by atoms with van der Waals surface area (Å²) >= 11 is 1.83. The highest BCUT2D eigenvalue weighted by Crippen LogP contribution is 2.45. The Morgan fingerprint density at radius 2 is 1.34 bits per heavy atom. The standard InChI is InChI=1S/C48H40N4O2SSi/c1-26(2)34-21-30(29-12-9-8-10-13-29)22-35(27(3)4)43(34)52-44-38(18-19-39-46(44)55-48(51-39)56(5,6)7)50-47(52)33-15-11-14-32-37-24-41-36(23-42(37)54-45(32)33)31-17-16-28(25-49)20-40(31)53-41/h8-24,26-27H,1-7H3. The maximum atomic E-state index is 9.48. The fourth-order valence-corrected chi connectivity index (χ4v) is 11.0. The van der Waals surface area contributed by atoms with Crippen molar-refractivity contribution < 1.29 is 8.83 Å². The fraction of sp³-hybridized carbons (Fsp3) is 0.188. The van der Waals surface area contributed by atoms with Gasteiger partial charge in [0.1, 0.15) is 36.2 Å². The Morgan fingerprint density at radius 3 is 2.04 bits per heavy atom. The Hall–Kier alpha value is -6.01. The third-order valence-corrected chi connectivity index (χ3v) is 15.4. The van der Waals surface area contributed by atoms with E-state index in [2.05, 4.69) is 143 Å².